The van der Waals surface area contributed by atoms with E-state index in [0.717, 1.165) is 32.4 Å². The van der Waals surface area contributed by atoms with E-state index in [-0.39, 0.29) is 23.9 Å². The average molecular weight is 279 g/mol. The minimum Gasteiger partial charge on any atom is -0.481 e. The molecule has 3 aliphatic rings. The lowest BCUT2D eigenvalue weighted by molar-refractivity contribution is -0.164. The van der Waals surface area contributed by atoms with E-state index >= 15 is 0 Å². The fourth-order valence-corrected chi connectivity index (χ4v) is 3.83. The van der Waals surface area contributed by atoms with Crippen LogP contribution in [-0.2, 0) is 14.3 Å². The van der Waals surface area contributed by atoms with Gasteiger partial charge in [0.05, 0.1) is 11.8 Å². The number of fused-ring (bicyclic) bond motifs is 2. The van der Waals surface area contributed by atoms with E-state index < -0.39 is 17.8 Å². The molecule has 1 N–H and O–H groups in total. The molecule has 0 spiro atoms. The summed E-state index contributed by atoms with van der Waals surface area (Å²) in [5.41, 5.74) is 0. The standard InChI is InChI=1S/C15H21NO4/c1-16-6-4-11(5-7-16)20-15(19)13-10-3-2-9(8-10)12(13)14(17)18/h2-3,9-13H,4-8H2,1H3,(H,17,18)/t9-,10+,12-,13-/m0/s1. The Bertz CT molecular complexity index is 439. The first-order valence-corrected chi connectivity index (χ1v) is 7.36. The molecular formula is C15H21NO4. The van der Waals surface area contributed by atoms with Crippen molar-refractivity contribution in [3.8, 4) is 0 Å². The van der Waals surface area contributed by atoms with E-state index in [2.05, 4.69) is 11.9 Å². The van der Waals surface area contributed by atoms with Crippen molar-refractivity contribution in [1.29, 1.82) is 0 Å². The lowest BCUT2D eigenvalue weighted by Crippen LogP contribution is -2.39. The third-order valence-corrected chi connectivity index (χ3v) is 4.96. The average Bonchev–Trinajstić information content (AvgIpc) is 3.01. The monoisotopic (exact) mass is 279 g/mol. The van der Waals surface area contributed by atoms with Gasteiger partial charge >= 0.3 is 11.9 Å². The van der Waals surface area contributed by atoms with Gasteiger partial charge in [0.25, 0.3) is 0 Å². The highest BCUT2D eigenvalue weighted by Gasteiger charge is 2.52. The van der Waals surface area contributed by atoms with Gasteiger partial charge in [-0.15, -0.1) is 0 Å². The zero-order chi connectivity index (χ0) is 14.3. The highest BCUT2D eigenvalue weighted by atomic mass is 16.5. The molecule has 2 aliphatic carbocycles. The summed E-state index contributed by atoms with van der Waals surface area (Å²) in [6.07, 6.45) is 6.36. The molecule has 0 aromatic rings. The van der Waals surface area contributed by atoms with E-state index in [0.29, 0.717) is 0 Å². The van der Waals surface area contributed by atoms with Crippen molar-refractivity contribution in [3.05, 3.63) is 12.2 Å². The lowest BCUT2D eigenvalue weighted by Gasteiger charge is -2.31. The van der Waals surface area contributed by atoms with Crippen LogP contribution in [0, 0.1) is 23.7 Å². The predicted molar refractivity (Wildman–Crippen MR) is 72.0 cm³/mol. The molecule has 5 heteroatoms. The number of aliphatic carboxylic acids is 1. The van der Waals surface area contributed by atoms with Crippen molar-refractivity contribution in [2.75, 3.05) is 20.1 Å². The molecule has 1 saturated heterocycles. The summed E-state index contributed by atoms with van der Waals surface area (Å²) in [4.78, 5) is 26.0. The van der Waals surface area contributed by atoms with Crippen molar-refractivity contribution in [3.63, 3.8) is 0 Å². The number of carbonyl (C=O) groups is 2. The second-order valence-electron chi connectivity index (χ2n) is 6.28. The summed E-state index contributed by atoms with van der Waals surface area (Å²) in [7, 11) is 2.05. The van der Waals surface area contributed by atoms with Crippen molar-refractivity contribution >= 4 is 11.9 Å². The molecule has 5 nitrogen and oxygen atoms in total. The molecular weight excluding hydrogens is 258 g/mol. The van der Waals surface area contributed by atoms with Crippen LogP contribution in [0.1, 0.15) is 19.3 Å². The number of hydrogen-bond acceptors (Lipinski definition) is 4. The van der Waals surface area contributed by atoms with Gasteiger partial charge in [-0.2, -0.15) is 0 Å². The van der Waals surface area contributed by atoms with Crippen LogP contribution >= 0.6 is 0 Å². The van der Waals surface area contributed by atoms with Crippen LogP contribution in [0.25, 0.3) is 0 Å². The zero-order valence-electron chi connectivity index (χ0n) is 11.7. The number of likely N-dealkylation sites (tertiary alicyclic amines) is 1. The Morgan fingerprint density at radius 1 is 1.15 bits per heavy atom. The molecule has 1 saturated carbocycles. The predicted octanol–water partition coefficient (Wildman–Crippen LogP) is 1.15. The van der Waals surface area contributed by atoms with Crippen LogP contribution in [0.2, 0.25) is 0 Å². The summed E-state index contributed by atoms with van der Waals surface area (Å²) in [5, 5.41) is 9.35. The molecule has 110 valence electrons. The van der Waals surface area contributed by atoms with E-state index in [4.69, 9.17) is 4.74 Å². The summed E-state index contributed by atoms with van der Waals surface area (Å²) >= 11 is 0. The first-order valence-electron chi connectivity index (χ1n) is 7.36. The fraction of sp³-hybridized carbons (Fsp3) is 0.733. The fourth-order valence-electron chi connectivity index (χ4n) is 3.83. The number of carboxylic acid groups (broad SMARTS) is 1. The second kappa shape index (κ2) is 5.20. The summed E-state index contributed by atoms with van der Waals surface area (Å²) in [5.74, 6) is -2.19. The molecule has 3 rings (SSSR count). The number of esters is 1. The van der Waals surface area contributed by atoms with Gasteiger partial charge in [-0.25, -0.2) is 0 Å². The smallest absolute Gasteiger partial charge is 0.310 e. The Balaban J connectivity index is 1.64. The lowest BCUT2D eigenvalue weighted by atomic mass is 9.83. The van der Waals surface area contributed by atoms with Gasteiger partial charge in [0.2, 0.25) is 0 Å². The van der Waals surface area contributed by atoms with Gasteiger partial charge in [0, 0.05) is 13.1 Å². The van der Waals surface area contributed by atoms with E-state index in [9.17, 15) is 14.7 Å². The Kier molecular flexibility index (Phi) is 3.54. The number of rotatable bonds is 3. The van der Waals surface area contributed by atoms with Crippen molar-refractivity contribution in [2.24, 2.45) is 23.7 Å². The van der Waals surface area contributed by atoms with Crippen LogP contribution in [0.5, 0.6) is 0 Å². The molecule has 1 heterocycles. The molecule has 1 aliphatic heterocycles. The van der Waals surface area contributed by atoms with E-state index in [1.54, 1.807) is 0 Å². The normalized spacial score (nSPS) is 37.2. The van der Waals surface area contributed by atoms with Crippen LogP contribution in [0.4, 0.5) is 0 Å². The number of nitrogens with zero attached hydrogens (tertiary/aromatic N) is 1. The van der Waals surface area contributed by atoms with E-state index in [1.165, 1.54) is 0 Å². The van der Waals surface area contributed by atoms with Crippen LogP contribution < -0.4 is 0 Å². The molecule has 20 heavy (non-hydrogen) atoms. The Labute approximate surface area is 118 Å². The Hall–Kier alpha value is -1.36. The first kappa shape index (κ1) is 13.6. The third kappa shape index (κ3) is 2.35. The molecule has 4 atom stereocenters. The molecule has 0 unspecified atom stereocenters. The maximum absolute atomic E-state index is 12.4. The molecule has 2 bridgehead atoms. The number of ether oxygens (including phenoxy) is 1. The van der Waals surface area contributed by atoms with Gasteiger partial charge in [-0.05, 0) is 38.1 Å². The second-order valence-corrected chi connectivity index (χ2v) is 6.28. The maximum atomic E-state index is 12.4. The summed E-state index contributed by atoms with van der Waals surface area (Å²) < 4.78 is 5.59. The van der Waals surface area contributed by atoms with Gasteiger partial charge in [-0.3, -0.25) is 9.59 Å². The zero-order valence-corrected chi connectivity index (χ0v) is 11.7. The highest BCUT2D eigenvalue weighted by Crippen LogP contribution is 2.48. The van der Waals surface area contributed by atoms with Crippen molar-refractivity contribution in [2.45, 2.75) is 25.4 Å². The van der Waals surface area contributed by atoms with Crippen molar-refractivity contribution in [1.82, 2.24) is 4.90 Å². The molecule has 0 radical (unpaired) electrons. The Morgan fingerprint density at radius 2 is 1.75 bits per heavy atom. The van der Waals surface area contributed by atoms with Crippen LogP contribution in [-0.4, -0.2) is 48.2 Å². The van der Waals surface area contributed by atoms with Gasteiger partial charge in [0.15, 0.2) is 0 Å². The summed E-state index contributed by atoms with van der Waals surface area (Å²) in [6.45, 7) is 1.86. The SMILES string of the molecule is CN1CCC(OC(=O)[C@@H]2[C@@H](C(=O)O)[C@H]3C=C[C@@H]2C3)CC1. The molecule has 0 aromatic carbocycles. The van der Waals surface area contributed by atoms with Gasteiger partial charge in [0.1, 0.15) is 6.10 Å². The van der Waals surface area contributed by atoms with E-state index in [1.807, 2.05) is 12.2 Å². The number of carboxylic acids is 1. The third-order valence-electron chi connectivity index (χ3n) is 4.96. The topological polar surface area (TPSA) is 66.8 Å². The van der Waals surface area contributed by atoms with Gasteiger partial charge in [-0.1, -0.05) is 12.2 Å². The van der Waals surface area contributed by atoms with Gasteiger partial charge < -0.3 is 14.7 Å². The van der Waals surface area contributed by atoms with Crippen LogP contribution in [0.3, 0.4) is 0 Å². The Morgan fingerprint density at radius 3 is 2.35 bits per heavy atom. The van der Waals surface area contributed by atoms with Crippen molar-refractivity contribution < 1.29 is 19.4 Å². The molecule has 0 amide bonds. The maximum Gasteiger partial charge on any atom is 0.310 e. The number of carbonyl (C=O) groups excluding carboxylic acids is 1. The highest BCUT2D eigenvalue weighted by molar-refractivity contribution is 5.83. The minimum absolute atomic E-state index is 0.00698. The number of allylic oxidation sites excluding steroid dienone is 2. The molecule has 0 aromatic heterocycles. The summed E-state index contributed by atoms with van der Waals surface area (Å²) in [6, 6.07) is 0. The largest absolute Gasteiger partial charge is 0.481 e. The first-order chi connectivity index (χ1) is 9.56. The minimum atomic E-state index is -0.868. The molecule has 2 fully saturated rings. The quantitative estimate of drug-likeness (QED) is 0.620. The van der Waals surface area contributed by atoms with Crippen LogP contribution in [0.15, 0.2) is 12.2 Å². The number of piperidine rings is 1. The number of hydrogen-bond donors (Lipinski definition) is 1.